The van der Waals surface area contributed by atoms with Gasteiger partial charge in [-0.05, 0) is 24.1 Å². The Hall–Kier alpha value is -2.06. The fraction of sp³-hybridized carbons (Fsp3) is 0.389. The zero-order valence-electron chi connectivity index (χ0n) is 13.9. The largest absolute Gasteiger partial charge is 0.504 e. The summed E-state index contributed by atoms with van der Waals surface area (Å²) in [6.07, 6.45) is -3.75. The Labute approximate surface area is 154 Å². The van der Waals surface area contributed by atoms with Gasteiger partial charge in [0.2, 0.25) is 0 Å². The van der Waals surface area contributed by atoms with Gasteiger partial charge in [-0.3, -0.25) is 4.79 Å². The number of aryl methyl sites for hydroxylation is 2. The molecular formula is C18H19ClO7. The van der Waals surface area contributed by atoms with Crippen molar-refractivity contribution in [1.82, 2.24) is 0 Å². The van der Waals surface area contributed by atoms with E-state index in [0.29, 0.717) is 24.4 Å². The maximum atomic E-state index is 12.3. The van der Waals surface area contributed by atoms with Crippen LogP contribution in [0.25, 0.3) is 0 Å². The second kappa shape index (κ2) is 7.28. The first-order valence-electron chi connectivity index (χ1n) is 8.04. The van der Waals surface area contributed by atoms with E-state index >= 15 is 0 Å². The Morgan fingerprint density at radius 1 is 1.15 bits per heavy atom. The number of aromatic hydroxyl groups is 1. The standard InChI is InChI=1S/C18H19ClO7/c1-25-12-5-3-8(6-10(12)20)2-4-9-7-11(21)13-15(22)17(24)16(23)14(19)18(13)26-9/h3,5-7,14-17,20,22-24H,2,4H2,1H3. The number of hydrogen-bond acceptors (Lipinski definition) is 7. The lowest BCUT2D eigenvalue weighted by Crippen LogP contribution is -2.42. The zero-order valence-corrected chi connectivity index (χ0v) is 14.7. The maximum absolute atomic E-state index is 12.3. The van der Waals surface area contributed by atoms with E-state index in [2.05, 4.69) is 0 Å². The molecule has 7 nitrogen and oxygen atoms in total. The average molecular weight is 383 g/mol. The number of ether oxygens (including phenoxy) is 1. The Morgan fingerprint density at radius 3 is 2.54 bits per heavy atom. The van der Waals surface area contributed by atoms with E-state index in [9.17, 15) is 25.2 Å². The molecule has 0 fully saturated rings. The molecule has 0 spiro atoms. The van der Waals surface area contributed by atoms with Gasteiger partial charge in [0.15, 0.2) is 16.9 Å². The molecule has 0 radical (unpaired) electrons. The first kappa shape index (κ1) is 18.7. The number of fused-ring (bicyclic) bond motifs is 1. The van der Waals surface area contributed by atoms with Crippen LogP contribution in [0, 0.1) is 0 Å². The number of aliphatic hydroxyl groups excluding tert-OH is 3. The summed E-state index contributed by atoms with van der Waals surface area (Å²) < 4.78 is 10.6. The van der Waals surface area contributed by atoms with Gasteiger partial charge in [0, 0.05) is 12.5 Å². The minimum atomic E-state index is -1.56. The third-order valence-electron chi connectivity index (χ3n) is 4.49. The summed E-state index contributed by atoms with van der Waals surface area (Å²) in [5.74, 6) is 0.668. The van der Waals surface area contributed by atoms with Gasteiger partial charge < -0.3 is 29.6 Å². The van der Waals surface area contributed by atoms with Crippen LogP contribution in [-0.2, 0) is 12.8 Å². The second-order valence-electron chi connectivity index (χ2n) is 6.19. The molecule has 0 saturated heterocycles. The Bertz CT molecular complexity index is 863. The third-order valence-corrected chi connectivity index (χ3v) is 4.94. The molecule has 140 valence electrons. The van der Waals surface area contributed by atoms with Crippen LogP contribution < -0.4 is 10.2 Å². The van der Waals surface area contributed by atoms with E-state index in [1.54, 1.807) is 18.2 Å². The Balaban J connectivity index is 1.86. The highest BCUT2D eigenvalue weighted by molar-refractivity contribution is 6.21. The SMILES string of the molecule is COc1ccc(CCc2cc(=O)c3c(o2)C(Cl)C(O)C(O)C3O)cc1O. The highest BCUT2D eigenvalue weighted by atomic mass is 35.5. The lowest BCUT2D eigenvalue weighted by Gasteiger charge is -2.32. The molecule has 4 atom stereocenters. The summed E-state index contributed by atoms with van der Waals surface area (Å²) in [6.45, 7) is 0. The fourth-order valence-electron chi connectivity index (χ4n) is 3.03. The number of phenols is 1. The number of benzene rings is 1. The second-order valence-corrected chi connectivity index (χ2v) is 6.66. The molecule has 1 aromatic heterocycles. The number of rotatable bonds is 4. The number of alkyl halides is 1. The molecule has 4 unspecified atom stereocenters. The average Bonchev–Trinajstić information content (AvgIpc) is 2.62. The molecule has 0 bridgehead atoms. The first-order chi connectivity index (χ1) is 12.3. The van der Waals surface area contributed by atoms with Crippen LogP contribution in [0.5, 0.6) is 11.5 Å². The van der Waals surface area contributed by atoms with Gasteiger partial charge >= 0.3 is 0 Å². The van der Waals surface area contributed by atoms with Crippen molar-refractivity contribution >= 4 is 11.6 Å². The molecule has 3 rings (SSSR count). The molecule has 0 amide bonds. The molecule has 26 heavy (non-hydrogen) atoms. The minimum Gasteiger partial charge on any atom is -0.504 e. The van der Waals surface area contributed by atoms with Crippen LogP contribution in [-0.4, -0.2) is 39.7 Å². The number of aliphatic hydroxyl groups is 3. The quantitative estimate of drug-likeness (QED) is 0.586. The summed E-state index contributed by atoms with van der Waals surface area (Å²) in [5.41, 5.74) is 0.165. The van der Waals surface area contributed by atoms with E-state index in [0.717, 1.165) is 5.56 Å². The van der Waals surface area contributed by atoms with Crippen molar-refractivity contribution in [2.24, 2.45) is 0 Å². The van der Waals surface area contributed by atoms with Gasteiger partial charge in [0.1, 0.15) is 35.2 Å². The van der Waals surface area contributed by atoms with Gasteiger partial charge in [0.25, 0.3) is 0 Å². The monoisotopic (exact) mass is 382 g/mol. The molecule has 1 heterocycles. The van der Waals surface area contributed by atoms with Gasteiger partial charge in [0.05, 0.1) is 12.7 Å². The fourth-order valence-corrected chi connectivity index (χ4v) is 3.35. The van der Waals surface area contributed by atoms with Crippen molar-refractivity contribution in [3.05, 3.63) is 57.1 Å². The number of phenolic OH excluding ortho intramolecular Hbond substituents is 1. The van der Waals surface area contributed by atoms with Crippen molar-refractivity contribution in [1.29, 1.82) is 0 Å². The highest BCUT2D eigenvalue weighted by Crippen LogP contribution is 2.39. The smallest absolute Gasteiger partial charge is 0.191 e. The summed E-state index contributed by atoms with van der Waals surface area (Å²) in [6, 6.07) is 6.21. The highest BCUT2D eigenvalue weighted by Gasteiger charge is 2.43. The van der Waals surface area contributed by atoms with Crippen molar-refractivity contribution in [2.75, 3.05) is 7.11 Å². The van der Waals surface area contributed by atoms with E-state index in [1.807, 2.05) is 0 Å². The molecular weight excluding hydrogens is 364 g/mol. The predicted octanol–water partition coefficient (Wildman–Crippen LogP) is 1.19. The molecule has 0 aliphatic heterocycles. The predicted molar refractivity (Wildman–Crippen MR) is 92.6 cm³/mol. The molecule has 4 N–H and O–H groups in total. The van der Waals surface area contributed by atoms with Gasteiger partial charge in [-0.25, -0.2) is 0 Å². The molecule has 1 aliphatic rings. The van der Waals surface area contributed by atoms with E-state index in [1.165, 1.54) is 13.2 Å². The van der Waals surface area contributed by atoms with Crippen molar-refractivity contribution in [2.45, 2.75) is 36.5 Å². The van der Waals surface area contributed by atoms with E-state index < -0.39 is 29.1 Å². The van der Waals surface area contributed by atoms with Crippen LogP contribution >= 0.6 is 11.6 Å². The number of halogens is 1. The lowest BCUT2D eigenvalue weighted by molar-refractivity contribution is -0.0756. The third kappa shape index (κ3) is 3.31. The minimum absolute atomic E-state index is 0.0120. The first-order valence-corrected chi connectivity index (χ1v) is 8.48. The van der Waals surface area contributed by atoms with Crippen LogP contribution in [0.2, 0.25) is 0 Å². The van der Waals surface area contributed by atoms with Crippen molar-refractivity contribution < 1.29 is 29.6 Å². The molecule has 1 aromatic carbocycles. The maximum Gasteiger partial charge on any atom is 0.191 e. The van der Waals surface area contributed by atoms with Crippen LogP contribution in [0.4, 0.5) is 0 Å². The Morgan fingerprint density at radius 2 is 1.88 bits per heavy atom. The normalized spacial score (nSPS) is 25.0. The zero-order chi connectivity index (χ0) is 19.0. The molecule has 2 aromatic rings. The molecule has 1 aliphatic carbocycles. The summed E-state index contributed by atoms with van der Waals surface area (Å²) in [4.78, 5) is 12.3. The van der Waals surface area contributed by atoms with E-state index in [4.69, 9.17) is 20.8 Å². The number of hydrogen-bond donors (Lipinski definition) is 4. The van der Waals surface area contributed by atoms with Crippen LogP contribution in [0.3, 0.4) is 0 Å². The molecule has 8 heteroatoms. The van der Waals surface area contributed by atoms with Gasteiger partial charge in [-0.2, -0.15) is 0 Å². The summed E-state index contributed by atoms with van der Waals surface area (Å²) in [7, 11) is 1.46. The van der Waals surface area contributed by atoms with E-state index in [-0.39, 0.29) is 17.1 Å². The van der Waals surface area contributed by atoms with Crippen LogP contribution in [0.1, 0.15) is 34.1 Å². The van der Waals surface area contributed by atoms with Crippen LogP contribution in [0.15, 0.2) is 33.5 Å². The summed E-state index contributed by atoms with van der Waals surface area (Å²) >= 11 is 6.07. The Kier molecular flexibility index (Phi) is 5.24. The van der Waals surface area contributed by atoms with Gasteiger partial charge in [-0.15, -0.1) is 11.6 Å². The summed E-state index contributed by atoms with van der Waals surface area (Å²) in [5, 5.41) is 38.4. The molecule has 0 saturated carbocycles. The van der Waals surface area contributed by atoms with Gasteiger partial charge in [-0.1, -0.05) is 6.07 Å². The lowest BCUT2D eigenvalue weighted by atomic mass is 9.88. The van der Waals surface area contributed by atoms with Crippen molar-refractivity contribution in [3.63, 3.8) is 0 Å². The topological polar surface area (TPSA) is 120 Å². The number of methoxy groups -OCH3 is 1. The van der Waals surface area contributed by atoms with Crippen molar-refractivity contribution in [3.8, 4) is 11.5 Å².